The molecule has 9 nitrogen and oxygen atoms in total. The molecule has 1 unspecified atom stereocenters. The smallest absolute Gasteiger partial charge is 0.335 e. The number of aryl methyl sites for hydroxylation is 1. The summed E-state index contributed by atoms with van der Waals surface area (Å²) < 4.78 is 5.10. The Bertz CT molecular complexity index is 1100. The van der Waals surface area contributed by atoms with Gasteiger partial charge in [-0.1, -0.05) is 18.2 Å². The van der Waals surface area contributed by atoms with Gasteiger partial charge in [-0.2, -0.15) is 0 Å². The van der Waals surface area contributed by atoms with Crippen LogP contribution in [0.2, 0.25) is 0 Å². The number of urea groups is 1. The summed E-state index contributed by atoms with van der Waals surface area (Å²) in [6, 6.07) is 10.0. The lowest BCUT2D eigenvalue weighted by Gasteiger charge is -2.14. The maximum atomic E-state index is 11.3. The zero-order valence-corrected chi connectivity index (χ0v) is 19.6. The molecule has 0 heterocycles. The molecule has 3 rings (SSSR count). The Labute approximate surface area is 198 Å². The fraction of sp³-hybridized carbons (Fsp3) is 0.280. The first-order valence-electron chi connectivity index (χ1n) is 10.5. The van der Waals surface area contributed by atoms with E-state index < -0.39 is 12.0 Å². The van der Waals surface area contributed by atoms with E-state index >= 15 is 0 Å². The lowest BCUT2D eigenvalue weighted by molar-refractivity contribution is -0.117. The van der Waals surface area contributed by atoms with Crippen molar-refractivity contribution >= 4 is 30.9 Å². The van der Waals surface area contributed by atoms with Crippen molar-refractivity contribution in [3.05, 3.63) is 69.8 Å². The number of rotatable bonds is 8. The number of carbonyl (C=O) groups excluding carboxylic acids is 3. The second kappa shape index (κ2) is 12.2. The zero-order chi connectivity index (χ0) is 25.3. The summed E-state index contributed by atoms with van der Waals surface area (Å²) in [6.45, 7) is 4.45. The van der Waals surface area contributed by atoms with Crippen molar-refractivity contribution in [1.29, 1.82) is 0 Å². The number of hydrogen-bond acceptors (Lipinski definition) is 5. The Morgan fingerprint density at radius 2 is 1.94 bits per heavy atom. The predicted octanol–water partition coefficient (Wildman–Crippen LogP) is 2.76. The molecule has 3 N–H and O–H groups in total. The molecule has 4 amide bonds. The van der Waals surface area contributed by atoms with Gasteiger partial charge in [-0.05, 0) is 72.4 Å². The molecule has 0 radical (unpaired) electrons. The van der Waals surface area contributed by atoms with Crippen LogP contribution in [0.25, 0.3) is 6.08 Å². The minimum atomic E-state index is -0.966. The molecule has 0 bridgehead atoms. The van der Waals surface area contributed by atoms with Gasteiger partial charge in [0.1, 0.15) is 5.75 Å². The number of imide groups is 1. The van der Waals surface area contributed by atoms with Crippen LogP contribution in [-0.2, 0) is 22.6 Å². The van der Waals surface area contributed by atoms with Gasteiger partial charge < -0.3 is 20.1 Å². The highest BCUT2D eigenvalue weighted by Crippen LogP contribution is 2.27. The normalized spacial score (nSPS) is 12.2. The van der Waals surface area contributed by atoms with Crippen molar-refractivity contribution in [1.82, 2.24) is 15.5 Å². The number of nitrogens with one attached hydrogen (secondary N) is 2. The van der Waals surface area contributed by atoms with Crippen molar-refractivity contribution in [3.63, 3.8) is 0 Å². The van der Waals surface area contributed by atoms with E-state index in [0.717, 1.165) is 40.0 Å². The zero-order valence-electron chi connectivity index (χ0n) is 19.6. The number of aromatic carboxylic acids is 1. The fourth-order valence-corrected chi connectivity index (χ4v) is 3.44. The Hall–Kier alpha value is -4.14. The van der Waals surface area contributed by atoms with E-state index in [1.165, 1.54) is 0 Å². The third-order valence-corrected chi connectivity index (χ3v) is 5.37. The van der Waals surface area contributed by atoms with Gasteiger partial charge in [0, 0.05) is 19.6 Å². The molecule has 2 aromatic carbocycles. The molecule has 1 atom stereocenters. The first-order valence-corrected chi connectivity index (χ1v) is 10.5. The summed E-state index contributed by atoms with van der Waals surface area (Å²) in [5.41, 5.74) is 5.35. The predicted molar refractivity (Wildman–Crippen MR) is 128 cm³/mol. The van der Waals surface area contributed by atoms with Crippen molar-refractivity contribution in [3.8, 4) is 5.75 Å². The number of carboxylic acid groups (broad SMARTS) is 1. The van der Waals surface area contributed by atoms with E-state index in [2.05, 4.69) is 5.32 Å². The van der Waals surface area contributed by atoms with Crippen molar-refractivity contribution in [2.24, 2.45) is 0 Å². The fourth-order valence-electron chi connectivity index (χ4n) is 3.44. The second-order valence-corrected chi connectivity index (χ2v) is 7.89. The number of hydrogen-bond donors (Lipinski definition) is 3. The summed E-state index contributed by atoms with van der Waals surface area (Å²) >= 11 is 0. The van der Waals surface area contributed by atoms with E-state index in [1.54, 1.807) is 44.2 Å². The summed E-state index contributed by atoms with van der Waals surface area (Å²) in [5.74, 6) is -0.119. The second-order valence-electron chi connectivity index (χ2n) is 7.89. The number of methoxy groups -OCH3 is 1. The maximum Gasteiger partial charge on any atom is 0.335 e. The third kappa shape index (κ3) is 7.19. The number of benzene rings is 2. The van der Waals surface area contributed by atoms with Gasteiger partial charge in [-0.25, -0.2) is 9.59 Å². The molecule has 0 spiro atoms. The van der Waals surface area contributed by atoms with E-state index in [1.807, 2.05) is 36.5 Å². The Balaban J connectivity index is 0.000000257. The van der Waals surface area contributed by atoms with Crippen molar-refractivity contribution in [2.45, 2.75) is 32.9 Å². The molecule has 0 fully saturated rings. The van der Waals surface area contributed by atoms with Crippen LogP contribution < -0.4 is 15.4 Å². The molecule has 180 valence electrons. The summed E-state index contributed by atoms with van der Waals surface area (Å²) in [4.78, 5) is 44.4. The number of amides is 4. The Morgan fingerprint density at radius 3 is 2.53 bits per heavy atom. The molecule has 0 aliphatic heterocycles. The van der Waals surface area contributed by atoms with Gasteiger partial charge in [0.25, 0.3) is 0 Å². The number of fused-ring (bicyclic) bond motifs is 1. The van der Waals surface area contributed by atoms with E-state index in [0.29, 0.717) is 19.4 Å². The van der Waals surface area contributed by atoms with Gasteiger partial charge in [0.2, 0.25) is 12.8 Å². The van der Waals surface area contributed by atoms with Crippen LogP contribution in [0.4, 0.5) is 4.79 Å². The highest BCUT2D eigenvalue weighted by Gasteiger charge is 2.20. The summed E-state index contributed by atoms with van der Waals surface area (Å²) in [7, 11) is 3.41. The average molecular weight is 468 g/mol. The van der Waals surface area contributed by atoms with Gasteiger partial charge in [-0.3, -0.25) is 14.9 Å². The highest BCUT2D eigenvalue weighted by atomic mass is 16.5. The van der Waals surface area contributed by atoms with Gasteiger partial charge in [0.05, 0.1) is 12.7 Å². The first-order chi connectivity index (χ1) is 16.2. The van der Waals surface area contributed by atoms with Crippen LogP contribution >= 0.6 is 0 Å². The molecule has 0 saturated carbocycles. The molecular weight excluding hydrogens is 438 g/mol. The topological polar surface area (TPSA) is 125 Å². The number of ether oxygens (including phenoxy) is 1. The van der Waals surface area contributed by atoms with Crippen LogP contribution in [0.3, 0.4) is 0 Å². The van der Waals surface area contributed by atoms with E-state index in [-0.39, 0.29) is 11.6 Å². The van der Waals surface area contributed by atoms with Crippen molar-refractivity contribution < 1.29 is 29.0 Å². The van der Waals surface area contributed by atoms with Crippen LogP contribution in [0.1, 0.15) is 39.5 Å². The summed E-state index contributed by atoms with van der Waals surface area (Å²) in [6.07, 6.45) is 3.66. The number of carboxylic acids is 1. The first kappa shape index (κ1) is 26.1. The van der Waals surface area contributed by atoms with E-state index in [4.69, 9.17) is 9.84 Å². The monoisotopic (exact) mass is 467 g/mol. The Kier molecular flexibility index (Phi) is 9.37. The van der Waals surface area contributed by atoms with Crippen LogP contribution in [-0.4, -0.2) is 55.0 Å². The molecule has 2 aromatic rings. The molecule has 1 aliphatic carbocycles. The Morgan fingerprint density at radius 1 is 1.21 bits per heavy atom. The maximum absolute atomic E-state index is 11.3. The molecule has 1 aliphatic rings. The molecule has 0 saturated heterocycles. The summed E-state index contributed by atoms with van der Waals surface area (Å²) in [5, 5.41) is 13.6. The third-order valence-electron chi connectivity index (χ3n) is 5.37. The van der Waals surface area contributed by atoms with Crippen molar-refractivity contribution in [2.75, 3.05) is 14.2 Å². The van der Waals surface area contributed by atoms with Crippen LogP contribution in [0.15, 0.2) is 42.0 Å². The minimum Gasteiger partial charge on any atom is -0.497 e. The minimum absolute atomic E-state index is 0.237. The molecule has 0 aromatic heterocycles. The van der Waals surface area contributed by atoms with Gasteiger partial charge >= 0.3 is 12.0 Å². The average Bonchev–Trinajstić information content (AvgIpc) is 3.24. The molecule has 9 heteroatoms. The van der Waals surface area contributed by atoms with Crippen LogP contribution in [0.5, 0.6) is 5.75 Å². The highest BCUT2D eigenvalue weighted by molar-refractivity contribution is 5.89. The van der Waals surface area contributed by atoms with Gasteiger partial charge in [0.15, 0.2) is 0 Å². The quantitative estimate of drug-likeness (QED) is 0.513. The van der Waals surface area contributed by atoms with E-state index in [9.17, 15) is 19.2 Å². The molecular formula is C25H29N3O6. The largest absolute Gasteiger partial charge is 0.497 e. The molecule has 34 heavy (non-hydrogen) atoms. The lowest BCUT2D eigenvalue weighted by atomic mass is 10.0. The number of carbonyl (C=O) groups is 4. The van der Waals surface area contributed by atoms with Crippen LogP contribution in [0, 0.1) is 6.92 Å². The SMILES string of the molecule is CC(NC(=O)NC=O)C1=Cc2cc(C(=O)O)ccc2C1.COc1ccc(CN(C)C=O)c(C)c1. The standard InChI is InChI=1S/C14H14N2O4.C11H15NO2/c1-8(16-14(20)15-7-17)11-4-9-2-3-10(13(18)19)5-12(9)6-11;1-9-6-11(14-3)5-4-10(9)7-12(2)8-13/h2-3,5-8H,4H2,1H3,(H,18,19)(H2,15,16,17,20);4-6,8H,7H2,1-3H3. The van der Waals surface area contributed by atoms with Gasteiger partial charge in [-0.15, -0.1) is 0 Å². The number of nitrogens with zero attached hydrogens (tertiary/aromatic N) is 1. The lowest BCUT2D eigenvalue weighted by Crippen LogP contribution is -2.41.